The molecule has 11 heteroatoms. The van der Waals surface area contributed by atoms with Crippen LogP contribution in [-0.4, -0.2) is 34.2 Å². The molecule has 0 aliphatic carbocycles. The zero-order chi connectivity index (χ0) is 31.0. The van der Waals surface area contributed by atoms with Crippen LogP contribution in [0.2, 0.25) is 0 Å². The van der Waals surface area contributed by atoms with Gasteiger partial charge in [-0.05, 0) is 50.5 Å². The van der Waals surface area contributed by atoms with Gasteiger partial charge in [-0.2, -0.15) is 4.57 Å². The summed E-state index contributed by atoms with van der Waals surface area (Å²) in [5.41, 5.74) is -0.505. The van der Waals surface area contributed by atoms with Gasteiger partial charge >= 0.3 is 7.82 Å². The second-order valence-corrected chi connectivity index (χ2v) is 11.1. The van der Waals surface area contributed by atoms with Crippen LogP contribution in [0.4, 0.5) is 0 Å². The number of benzene rings is 6. The van der Waals surface area contributed by atoms with Crippen LogP contribution < -0.4 is 13.6 Å². The molecule has 0 unspecified atom stereocenters. The Bertz CT molecular complexity index is 1950. The summed E-state index contributed by atoms with van der Waals surface area (Å²) in [6.07, 6.45) is 1.19. The number of aromatic hydroxyl groups is 3. The molecule has 0 amide bonds. The van der Waals surface area contributed by atoms with Crippen molar-refractivity contribution in [1.82, 2.24) is 0 Å². The lowest BCUT2D eigenvalue weighted by molar-refractivity contribution is 0.111. The summed E-state index contributed by atoms with van der Waals surface area (Å²) >= 11 is 0. The van der Waals surface area contributed by atoms with Crippen LogP contribution in [0.5, 0.6) is 34.5 Å². The first-order valence-electron chi connectivity index (χ1n) is 13.1. The lowest BCUT2D eigenvalue weighted by Crippen LogP contribution is -2.09. The van der Waals surface area contributed by atoms with E-state index in [2.05, 4.69) is 0 Å². The van der Waals surface area contributed by atoms with Crippen LogP contribution in [0.1, 0.15) is 31.1 Å². The molecule has 0 spiro atoms. The maximum atomic E-state index is 14.5. The van der Waals surface area contributed by atoms with Crippen molar-refractivity contribution in [3.05, 3.63) is 108 Å². The Labute approximate surface area is 248 Å². The summed E-state index contributed by atoms with van der Waals surface area (Å²) in [5.74, 6) is -3.50. The van der Waals surface area contributed by atoms with E-state index in [9.17, 15) is 34.3 Å². The van der Waals surface area contributed by atoms with Gasteiger partial charge in [0.25, 0.3) is 0 Å². The number of aldehydes is 3. The Balaban J connectivity index is 1.54. The molecule has 6 aromatic rings. The van der Waals surface area contributed by atoms with Crippen molar-refractivity contribution in [2.75, 3.05) is 0 Å². The van der Waals surface area contributed by atoms with Crippen molar-refractivity contribution in [3.63, 3.8) is 0 Å². The molecule has 0 saturated carbocycles. The first-order valence-corrected chi connectivity index (χ1v) is 14.5. The second kappa shape index (κ2) is 11.1. The van der Waals surface area contributed by atoms with Gasteiger partial charge in [-0.25, -0.2) is 0 Å². The fraction of sp³-hybridized carbons (Fsp3) is 0. The molecule has 6 rings (SSSR count). The van der Waals surface area contributed by atoms with Gasteiger partial charge < -0.3 is 28.9 Å². The lowest BCUT2D eigenvalue weighted by Gasteiger charge is -2.22. The monoisotopic (exact) mass is 608 g/mol. The largest absolute Gasteiger partial charge is 0.647 e. The molecule has 0 fully saturated rings. The van der Waals surface area contributed by atoms with Gasteiger partial charge in [-0.1, -0.05) is 72.8 Å². The van der Waals surface area contributed by atoms with Crippen LogP contribution in [0.3, 0.4) is 0 Å². The van der Waals surface area contributed by atoms with E-state index in [4.69, 9.17) is 13.6 Å². The second-order valence-electron chi connectivity index (χ2n) is 9.65. The SMILES string of the molecule is O=Cc1c(O)c(OP(=O)(Oc2cc3ccccc3c(C=O)c2O)Oc2cc3ccccc3c(C=O)c2O)cc2ccccc12. The summed E-state index contributed by atoms with van der Waals surface area (Å²) in [6, 6.07) is 23.5. The van der Waals surface area contributed by atoms with Gasteiger partial charge in [-0.3, -0.25) is 14.4 Å². The molecular weight excluding hydrogens is 587 g/mol. The number of rotatable bonds is 9. The quantitative estimate of drug-likeness (QED) is 0.112. The summed E-state index contributed by atoms with van der Waals surface area (Å²) < 4.78 is 31.5. The van der Waals surface area contributed by atoms with Gasteiger partial charge in [0.15, 0.2) is 53.4 Å². The number of carbonyl (C=O) groups excluding carboxylic acids is 3. The average Bonchev–Trinajstić information content (AvgIpc) is 3.02. The zero-order valence-corrected chi connectivity index (χ0v) is 23.4. The standard InChI is InChI=1S/C33H21O10P/c34-16-25-22-10-4-1-7-19(22)13-28(31(25)37)41-44(40,42-29-14-20-8-2-5-11-23(20)26(17-35)32(29)38)43-30-15-21-9-3-6-12-24(21)27(18-36)33(30)39/h1-18,37-39H. The van der Waals surface area contributed by atoms with E-state index in [0.29, 0.717) is 51.2 Å². The Hall–Kier alpha value is -5.86. The fourth-order valence-electron chi connectivity index (χ4n) is 5.00. The average molecular weight is 608 g/mol. The number of phenols is 3. The van der Waals surface area contributed by atoms with Gasteiger partial charge in [0.2, 0.25) is 0 Å². The van der Waals surface area contributed by atoms with Crippen molar-refractivity contribution in [3.8, 4) is 34.5 Å². The molecule has 6 aromatic carbocycles. The molecule has 0 saturated heterocycles. The predicted octanol–water partition coefficient (Wildman–Crippen LogP) is 7.35. The number of carbonyl (C=O) groups is 3. The molecule has 0 aromatic heterocycles. The molecule has 3 N–H and O–H groups in total. The van der Waals surface area contributed by atoms with E-state index < -0.39 is 42.3 Å². The van der Waals surface area contributed by atoms with Gasteiger partial charge in [0, 0.05) is 0 Å². The minimum absolute atomic E-state index is 0.168. The van der Waals surface area contributed by atoms with Crippen LogP contribution in [0.15, 0.2) is 91.0 Å². The number of phosphoric ester groups is 1. The molecule has 0 bridgehead atoms. The molecule has 0 aliphatic heterocycles. The molecular formula is C33H21O10P. The number of hydrogen-bond acceptors (Lipinski definition) is 10. The zero-order valence-electron chi connectivity index (χ0n) is 22.5. The van der Waals surface area contributed by atoms with Gasteiger partial charge in [0.1, 0.15) is 0 Å². The number of phosphoric acid groups is 1. The highest BCUT2D eigenvalue weighted by atomic mass is 31.2. The Kier molecular flexibility index (Phi) is 7.12. The molecule has 10 nitrogen and oxygen atoms in total. The van der Waals surface area contributed by atoms with Crippen molar-refractivity contribution in [2.24, 2.45) is 0 Å². The first-order chi connectivity index (χ1) is 21.3. The summed E-state index contributed by atoms with van der Waals surface area (Å²) in [7, 11) is -5.12. The topological polar surface area (TPSA) is 157 Å². The summed E-state index contributed by atoms with van der Waals surface area (Å²) in [6.45, 7) is 0. The summed E-state index contributed by atoms with van der Waals surface area (Å²) in [5, 5.41) is 35.3. The highest BCUT2D eigenvalue weighted by molar-refractivity contribution is 7.49. The third kappa shape index (κ3) is 4.83. The molecule has 0 atom stereocenters. The van der Waals surface area contributed by atoms with E-state index in [0.717, 1.165) is 0 Å². The number of phenolic OH excluding ortho intramolecular Hbond substituents is 3. The maximum absolute atomic E-state index is 14.5. The highest BCUT2D eigenvalue weighted by Crippen LogP contribution is 2.56. The predicted molar refractivity (Wildman–Crippen MR) is 162 cm³/mol. The lowest BCUT2D eigenvalue weighted by atomic mass is 10.0. The molecule has 218 valence electrons. The van der Waals surface area contributed by atoms with Crippen LogP contribution in [-0.2, 0) is 4.57 Å². The van der Waals surface area contributed by atoms with Gasteiger partial charge in [0.05, 0.1) is 16.7 Å². The van der Waals surface area contributed by atoms with Gasteiger partial charge in [-0.15, -0.1) is 0 Å². The Morgan fingerprint density at radius 2 is 0.750 bits per heavy atom. The fourth-order valence-corrected chi connectivity index (χ4v) is 6.25. The molecule has 44 heavy (non-hydrogen) atoms. The van der Waals surface area contributed by atoms with E-state index in [1.165, 1.54) is 18.2 Å². The van der Waals surface area contributed by atoms with Crippen molar-refractivity contribution < 1.29 is 47.8 Å². The van der Waals surface area contributed by atoms with E-state index in [1.54, 1.807) is 72.8 Å². The third-order valence-corrected chi connectivity index (χ3v) is 8.32. The summed E-state index contributed by atoms with van der Waals surface area (Å²) in [4.78, 5) is 35.8. The Morgan fingerprint density at radius 3 is 1.02 bits per heavy atom. The molecule has 0 aliphatic rings. The minimum Gasteiger partial charge on any atom is -0.504 e. The van der Waals surface area contributed by atoms with Crippen LogP contribution in [0.25, 0.3) is 32.3 Å². The van der Waals surface area contributed by atoms with Crippen molar-refractivity contribution in [1.29, 1.82) is 0 Å². The number of fused-ring (bicyclic) bond motifs is 3. The minimum atomic E-state index is -5.12. The molecule has 0 radical (unpaired) electrons. The maximum Gasteiger partial charge on any atom is 0.647 e. The third-order valence-electron chi connectivity index (χ3n) is 7.06. The van der Waals surface area contributed by atoms with E-state index >= 15 is 0 Å². The van der Waals surface area contributed by atoms with Crippen LogP contribution >= 0.6 is 7.82 Å². The van der Waals surface area contributed by atoms with E-state index in [1.807, 2.05) is 0 Å². The van der Waals surface area contributed by atoms with Crippen molar-refractivity contribution >= 4 is 59.0 Å². The normalized spacial score (nSPS) is 11.4. The first kappa shape index (κ1) is 28.3. The smallest absolute Gasteiger partial charge is 0.504 e. The molecule has 0 heterocycles. The highest BCUT2D eigenvalue weighted by Gasteiger charge is 2.38. The van der Waals surface area contributed by atoms with Crippen molar-refractivity contribution in [2.45, 2.75) is 0 Å². The van der Waals surface area contributed by atoms with E-state index in [-0.39, 0.29) is 16.7 Å². The number of hydrogen-bond donors (Lipinski definition) is 3. The Morgan fingerprint density at radius 1 is 0.477 bits per heavy atom. The van der Waals surface area contributed by atoms with Crippen LogP contribution in [0, 0.1) is 0 Å².